The second kappa shape index (κ2) is 2.37. The summed E-state index contributed by atoms with van der Waals surface area (Å²) in [7, 11) is 0.294. The van der Waals surface area contributed by atoms with Crippen LogP contribution in [0.25, 0.3) is 0 Å². The molecule has 1 rings (SSSR count). The SMILES string of the molecule is CC1=S(Br)C=CS1. The Hall–Kier alpha value is 0.790. The average Bonchev–Trinajstić information content (AvgIpc) is 1.91. The molecule has 0 aromatic heterocycles. The molecule has 0 N–H and O–H groups in total. The molecular weight excluding hydrogens is 192 g/mol. The van der Waals surface area contributed by atoms with Gasteiger partial charge in [-0.05, 0) is 32.6 Å². The van der Waals surface area contributed by atoms with Gasteiger partial charge in [0.1, 0.15) is 0 Å². The Morgan fingerprint density at radius 3 is 2.71 bits per heavy atom. The number of halogens is 1. The molecule has 0 aromatic carbocycles. The van der Waals surface area contributed by atoms with Crippen LogP contribution < -0.4 is 0 Å². The van der Waals surface area contributed by atoms with Crippen LogP contribution in [0, 0.1) is 0 Å². The fourth-order valence-electron chi connectivity index (χ4n) is 0.314. The van der Waals surface area contributed by atoms with Crippen LogP contribution in [0.15, 0.2) is 10.8 Å². The molecule has 1 unspecified atom stereocenters. The third kappa shape index (κ3) is 1.34. The summed E-state index contributed by atoms with van der Waals surface area (Å²) in [6, 6.07) is 0. The molecule has 0 fully saturated rings. The highest BCUT2D eigenvalue weighted by atomic mass is 79.9. The topological polar surface area (TPSA) is 0 Å². The molecule has 0 nitrogen and oxygen atoms in total. The standard InChI is InChI=1S/C4H5BrS2/c1-4-6-2-3-7(4)5/h2-3H,1H3. The first-order chi connectivity index (χ1) is 3.30. The van der Waals surface area contributed by atoms with Gasteiger partial charge in [0, 0.05) is 4.20 Å². The first-order valence-corrected chi connectivity index (χ1v) is 5.88. The minimum atomic E-state index is 0.294. The smallest absolute Gasteiger partial charge is 0.0237 e. The summed E-state index contributed by atoms with van der Waals surface area (Å²) in [6.45, 7) is 2.14. The normalized spacial score (nSPS) is 29.4. The van der Waals surface area contributed by atoms with Crippen LogP contribution >= 0.6 is 35.5 Å². The number of hydrogen-bond donors (Lipinski definition) is 0. The van der Waals surface area contributed by atoms with Crippen molar-refractivity contribution < 1.29 is 0 Å². The zero-order valence-electron chi connectivity index (χ0n) is 3.85. The van der Waals surface area contributed by atoms with Gasteiger partial charge in [-0.1, -0.05) is 20.7 Å². The molecule has 0 spiro atoms. The molecule has 1 atom stereocenters. The van der Waals surface area contributed by atoms with Crippen LogP contribution in [0.3, 0.4) is 0 Å². The van der Waals surface area contributed by atoms with E-state index in [1.807, 2.05) is 0 Å². The van der Waals surface area contributed by atoms with Gasteiger partial charge in [0.15, 0.2) is 0 Å². The second-order valence-corrected chi connectivity index (χ2v) is 6.09. The Labute approximate surface area is 57.5 Å². The first-order valence-electron chi connectivity index (χ1n) is 1.87. The Balaban J connectivity index is 2.79. The van der Waals surface area contributed by atoms with Crippen molar-refractivity contribution in [3.8, 4) is 0 Å². The number of hydrogen-bond acceptors (Lipinski definition) is 1. The molecule has 0 saturated heterocycles. The van der Waals surface area contributed by atoms with Crippen LogP contribution in [0.1, 0.15) is 6.92 Å². The van der Waals surface area contributed by atoms with Gasteiger partial charge in [0.25, 0.3) is 0 Å². The highest BCUT2D eigenvalue weighted by Gasteiger charge is 1.97. The highest BCUT2D eigenvalue weighted by molar-refractivity contribution is 9.54. The molecule has 0 bridgehead atoms. The van der Waals surface area contributed by atoms with Gasteiger partial charge in [-0.15, -0.1) is 0 Å². The second-order valence-electron chi connectivity index (χ2n) is 1.17. The van der Waals surface area contributed by atoms with E-state index in [1.165, 1.54) is 4.20 Å². The van der Waals surface area contributed by atoms with Crippen LogP contribution in [-0.4, -0.2) is 4.20 Å². The van der Waals surface area contributed by atoms with E-state index in [4.69, 9.17) is 0 Å². The maximum Gasteiger partial charge on any atom is 0.0237 e. The van der Waals surface area contributed by atoms with Gasteiger partial charge in [0.05, 0.1) is 0 Å². The van der Waals surface area contributed by atoms with E-state index >= 15 is 0 Å². The third-order valence-corrected chi connectivity index (χ3v) is 5.96. The molecule has 1 aliphatic heterocycles. The maximum absolute atomic E-state index is 3.49. The third-order valence-electron chi connectivity index (χ3n) is 0.684. The summed E-state index contributed by atoms with van der Waals surface area (Å²) in [5, 5.41) is 4.28. The quantitative estimate of drug-likeness (QED) is 0.538. The molecule has 0 amide bonds. The van der Waals surface area contributed by atoms with Gasteiger partial charge in [-0.25, -0.2) is 0 Å². The van der Waals surface area contributed by atoms with Crippen LogP contribution in [0.2, 0.25) is 0 Å². The van der Waals surface area contributed by atoms with Crippen molar-refractivity contribution in [3.63, 3.8) is 0 Å². The van der Waals surface area contributed by atoms with Crippen molar-refractivity contribution in [1.29, 1.82) is 0 Å². The fourth-order valence-corrected chi connectivity index (χ4v) is 3.49. The van der Waals surface area contributed by atoms with Gasteiger partial charge in [-0.2, -0.15) is 0 Å². The average molecular weight is 197 g/mol. The van der Waals surface area contributed by atoms with E-state index in [0.717, 1.165) is 0 Å². The zero-order valence-corrected chi connectivity index (χ0v) is 7.07. The van der Waals surface area contributed by atoms with Crippen molar-refractivity contribution in [2.75, 3.05) is 0 Å². The zero-order chi connectivity index (χ0) is 5.28. The molecule has 0 aliphatic carbocycles. The molecule has 0 saturated carbocycles. The lowest BCUT2D eigenvalue weighted by Gasteiger charge is -1.86. The lowest BCUT2D eigenvalue weighted by molar-refractivity contribution is 2.12. The van der Waals surface area contributed by atoms with E-state index in [2.05, 4.69) is 32.6 Å². The van der Waals surface area contributed by atoms with Gasteiger partial charge in [0.2, 0.25) is 0 Å². The van der Waals surface area contributed by atoms with E-state index in [1.54, 1.807) is 11.8 Å². The van der Waals surface area contributed by atoms with Crippen LogP contribution in [-0.2, 0) is 0 Å². The van der Waals surface area contributed by atoms with Gasteiger partial charge < -0.3 is 0 Å². The Kier molecular flexibility index (Phi) is 2.01. The Morgan fingerprint density at radius 2 is 2.57 bits per heavy atom. The summed E-state index contributed by atoms with van der Waals surface area (Å²) >= 11 is 5.29. The first kappa shape index (κ1) is 5.92. The maximum atomic E-state index is 3.49. The van der Waals surface area contributed by atoms with E-state index in [9.17, 15) is 0 Å². The van der Waals surface area contributed by atoms with Gasteiger partial charge in [-0.3, -0.25) is 0 Å². The monoisotopic (exact) mass is 196 g/mol. The molecular formula is C4H5BrS2. The molecule has 40 valence electrons. The van der Waals surface area contributed by atoms with Crippen molar-refractivity contribution in [1.82, 2.24) is 0 Å². The Morgan fingerprint density at radius 1 is 1.86 bits per heavy atom. The summed E-state index contributed by atoms with van der Waals surface area (Å²) in [5.41, 5.74) is 0. The Bertz CT molecular complexity index is 137. The predicted molar refractivity (Wildman–Crippen MR) is 43.9 cm³/mol. The van der Waals surface area contributed by atoms with Crippen LogP contribution in [0.5, 0.6) is 0 Å². The molecule has 3 heteroatoms. The summed E-state index contributed by atoms with van der Waals surface area (Å²) in [4.78, 5) is 0. The molecule has 7 heavy (non-hydrogen) atoms. The number of rotatable bonds is 0. The molecule has 1 aliphatic rings. The predicted octanol–water partition coefficient (Wildman–Crippen LogP) is 2.93. The lowest BCUT2D eigenvalue weighted by Crippen LogP contribution is -1.67. The van der Waals surface area contributed by atoms with Gasteiger partial charge >= 0.3 is 0 Å². The van der Waals surface area contributed by atoms with Crippen LogP contribution in [0.4, 0.5) is 0 Å². The van der Waals surface area contributed by atoms with E-state index in [0.29, 0.717) is 8.92 Å². The summed E-state index contributed by atoms with van der Waals surface area (Å²) in [5.74, 6) is 0. The largest absolute Gasteiger partial charge is 0.0950 e. The summed E-state index contributed by atoms with van der Waals surface area (Å²) < 4.78 is 1.46. The lowest BCUT2D eigenvalue weighted by atomic mass is 11.0. The minimum absolute atomic E-state index is 0.294. The fraction of sp³-hybridized carbons (Fsp3) is 0.250. The number of thioether (sulfide) groups is 1. The molecule has 0 aromatic rings. The molecule has 1 heterocycles. The van der Waals surface area contributed by atoms with Crippen molar-refractivity contribution >= 4 is 39.7 Å². The van der Waals surface area contributed by atoms with Crippen molar-refractivity contribution in [2.24, 2.45) is 0 Å². The molecule has 0 radical (unpaired) electrons. The highest BCUT2D eigenvalue weighted by Crippen LogP contribution is 2.36. The van der Waals surface area contributed by atoms with Crippen molar-refractivity contribution in [3.05, 3.63) is 10.8 Å². The van der Waals surface area contributed by atoms with E-state index < -0.39 is 0 Å². The van der Waals surface area contributed by atoms with E-state index in [-0.39, 0.29) is 0 Å². The minimum Gasteiger partial charge on any atom is -0.0950 e. The van der Waals surface area contributed by atoms with Crippen molar-refractivity contribution in [2.45, 2.75) is 6.92 Å². The summed E-state index contributed by atoms with van der Waals surface area (Å²) in [6.07, 6.45) is 0.